The fraction of sp³-hybridized carbons (Fsp3) is 0.233. The van der Waals surface area contributed by atoms with Crippen molar-refractivity contribution in [3.05, 3.63) is 95.6 Å². The first kappa shape index (κ1) is 25.1. The predicted octanol–water partition coefficient (Wildman–Crippen LogP) is 5.27. The topological polar surface area (TPSA) is 93.8 Å². The number of hydrogen-bond donors (Lipinski definition) is 1. The number of aromatic nitrogens is 1. The summed E-state index contributed by atoms with van der Waals surface area (Å²) in [5.74, 6) is -0.168. The van der Waals surface area contributed by atoms with Gasteiger partial charge in [-0.3, -0.25) is 19.8 Å². The maximum atomic E-state index is 13.1. The Morgan fingerprint density at radius 2 is 1.74 bits per heavy atom. The second-order valence-electron chi connectivity index (χ2n) is 10.2. The normalized spacial score (nSPS) is 15.4. The van der Waals surface area contributed by atoms with E-state index in [4.69, 9.17) is 9.15 Å². The zero-order valence-corrected chi connectivity index (χ0v) is 21.6. The highest BCUT2D eigenvalue weighted by Crippen LogP contribution is 2.27. The number of ether oxygens (including phenoxy) is 1. The van der Waals surface area contributed by atoms with Crippen LogP contribution in [0.1, 0.15) is 37.7 Å². The van der Waals surface area contributed by atoms with Gasteiger partial charge in [-0.15, -0.1) is 0 Å². The zero-order chi connectivity index (χ0) is 26.9. The molecule has 194 valence electrons. The molecular weight excluding hydrogens is 482 g/mol. The molecule has 38 heavy (non-hydrogen) atoms. The van der Waals surface area contributed by atoms with Crippen LogP contribution in [0.25, 0.3) is 17.0 Å². The first-order valence-corrected chi connectivity index (χ1v) is 12.4. The minimum atomic E-state index is -0.774. The maximum absolute atomic E-state index is 13.1. The van der Waals surface area contributed by atoms with Crippen LogP contribution in [0, 0.1) is 0 Å². The number of carbonyl (C=O) groups is 3. The molecule has 1 fully saturated rings. The van der Waals surface area contributed by atoms with Crippen molar-refractivity contribution in [1.82, 2.24) is 14.8 Å². The molecule has 0 atom stereocenters. The largest absolute Gasteiger partial charge is 0.492 e. The Bertz CT molecular complexity index is 1520. The number of amides is 4. The average Bonchev–Trinajstić information content (AvgIpc) is 3.52. The maximum Gasteiger partial charge on any atom is 0.331 e. The van der Waals surface area contributed by atoms with Gasteiger partial charge < -0.3 is 13.7 Å². The van der Waals surface area contributed by atoms with Gasteiger partial charge in [-0.1, -0.05) is 51.1 Å². The van der Waals surface area contributed by atoms with Gasteiger partial charge in [-0.25, -0.2) is 4.79 Å². The van der Waals surface area contributed by atoms with Gasteiger partial charge in [0.05, 0.1) is 19.4 Å². The Balaban J connectivity index is 1.36. The molecule has 1 aliphatic heterocycles. The number of urea groups is 1. The van der Waals surface area contributed by atoms with Gasteiger partial charge in [0.25, 0.3) is 11.8 Å². The molecule has 0 spiro atoms. The van der Waals surface area contributed by atoms with Gasteiger partial charge in [0.15, 0.2) is 0 Å². The van der Waals surface area contributed by atoms with E-state index in [-0.39, 0.29) is 17.5 Å². The molecule has 8 heteroatoms. The van der Waals surface area contributed by atoms with E-state index >= 15 is 0 Å². The summed E-state index contributed by atoms with van der Waals surface area (Å²) in [6.07, 6.45) is 4.88. The van der Waals surface area contributed by atoms with Crippen LogP contribution in [0.2, 0.25) is 0 Å². The van der Waals surface area contributed by atoms with Crippen LogP contribution >= 0.6 is 0 Å². The molecule has 5 rings (SSSR count). The lowest BCUT2D eigenvalue weighted by Gasteiger charge is -2.25. The number of hydrogen-bond acceptors (Lipinski definition) is 5. The Labute approximate surface area is 220 Å². The van der Waals surface area contributed by atoms with Crippen molar-refractivity contribution in [3.63, 3.8) is 0 Å². The third kappa shape index (κ3) is 5.11. The number of imide groups is 2. The highest BCUT2D eigenvalue weighted by atomic mass is 16.5. The summed E-state index contributed by atoms with van der Waals surface area (Å²) in [4.78, 5) is 39.1. The lowest BCUT2D eigenvalue weighted by molar-refractivity contribution is -0.130. The summed E-state index contributed by atoms with van der Waals surface area (Å²) in [6, 6.07) is 18.4. The molecule has 8 nitrogen and oxygen atoms in total. The quantitative estimate of drug-likeness (QED) is 0.269. The van der Waals surface area contributed by atoms with Crippen molar-refractivity contribution in [3.8, 4) is 5.75 Å². The number of fused-ring (bicyclic) bond motifs is 1. The van der Waals surface area contributed by atoms with Gasteiger partial charge in [0, 0.05) is 22.7 Å². The highest BCUT2D eigenvalue weighted by Gasteiger charge is 2.36. The molecule has 0 bridgehead atoms. The first-order valence-electron chi connectivity index (χ1n) is 12.4. The number of carbonyl (C=O) groups excluding carboxylic acids is 3. The van der Waals surface area contributed by atoms with Gasteiger partial charge in [0.1, 0.15) is 23.7 Å². The smallest absolute Gasteiger partial charge is 0.331 e. The molecule has 4 amide bonds. The lowest BCUT2D eigenvalue weighted by atomic mass is 9.87. The van der Waals surface area contributed by atoms with Crippen LogP contribution in [-0.4, -0.2) is 33.9 Å². The van der Waals surface area contributed by atoms with E-state index in [0.717, 1.165) is 21.6 Å². The first-order chi connectivity index (χ1) is 18.2. The molecule has 1 saturated heterocycles. The van der Waals surface area contributed by atoms with E-state index in [2.05, 4.69) is 38.2 Å². The summed E-state index contributed by atoms with van der Waals surface area (Å²) in [5.41, 5.74) is 2.84. The SMILES string of the molecule is CC(C)(C)c1ccc(OCCn2cc(C=C3C(=O)NC(=O)N(Cc4ccco4)C3=O)c3ccccc32)cc1. The summed E-state index contributed by atoms with van der Waals surface area (Å²) in [5, 5.41) is 3.13. The van der Waals surface area contributed by atoms with Crippen LogP contribution in [0.3, 0.4) is 0 Å². The van der Waals surface area contributed by atoms with Crippen LogP contribution in [0.15, 0.2) is 83.1 Å². The Hall–Kier alpha value is -4.59. The van der Waals surface area contributed by atoms with E-state index in [1.54, 1.807) is 12.1 Å². The average molecular weight is 512 g/mol. The summed E-state index contributed by atoms with van der Waals surface area (Å²) < 4.78 is 13.3. The second-order valence-corrected chi connectivity index (χ2v) is 10.2. The van der Waals surface area contributed by atoms with Gasteiger partial charge in [-0.05, 0) is 47.4 Å². The molecule has 2 aromatic heterocycles. The van der Waals surface area contributed by atoms with E-state index in [1.807, 2.05) is 47.2 Å². The molecule has 0 radical (unpaired) electrons. The molecule has 0 saturated carbocycles. The summed E-state index contributed by atoms with van der Waals surface area (Å²) >= 11 is 0. The van der Waals surface area contributed by atoms with Gasteiger partial charge in [-0.2, -0.15) is 0 Å². The van der Waals surface area contributed by atoms with Crippen LogP contribution < -0.4 is 10.1 Å². The van der Waals surface area contributed by atoms with Crippen LogP contribution in [0.4, 0.5) is 4.79 Å². The second kappa shape index (κ2) is 10.0. The van der Waals surface area contributed by atoms with Gasteiger partial charge >= 0.3 is 6.03 Å². The van der Waals surface area contributed by atoms with Crippen LogP contribution in [-0.2, 0) is 28.1 Å². The fourth-order valence-electron chi connectivity index (χ4n) is 4.44. The van der Waals surface area contributed by atoms with E-state index in [1.165, 1.54) is 17.9 Å². The third-order valence-corrected chi connectivity index (χ3v) is 6.52. The van der Waals surface area contributed by atoms with E-state index in [9.17, 15) is 14.4 Å². The fourth-order valence-corrected chi connectivity index (χ4v) is 4.44. The van der Waals surface area contributed by atoms with E-state index < -0.39 is 17.8 Å². The third-order valence-electron chi connectivity index (χ3n) is 6.52. The number of para-hydroxylation sites is 1. The number of benzene rings is 2. The molecule has 1 N–H and O–H groups in total. The minimum absolute atomic E-state index is 0.0713. The van der Waals surface area contributed by atoms with Crippen molar-refractivity contribution in [2.24, 2.45) is 0 Å². The van der Waals surface area contributed by atoms with Crippen molar-refractivity contribution < 1.29 is 23.5 Å². The van der Waals surface area contributed by atoms with Crippen molar-refractivity contribution in [1.29, 1.82) is 0 Å². The van der Waals surface area contributed by atoms with Crippen LogP contribution in [0.5, 0.6) is 5.75 Å². The van der Waals surface area contributed by atoms with Crippen molar-refractivity contribution in [2.75, 3.05) is 6.61 Å². The highest BCUT2D eigenvalue weighted by molar-refractivity contribution is 6.31. The number of furan rings is 1. The lowest BCUT2D eigenvalue weighted by Crippen LogP contribution is -2.53. The molecule has 2 aromatic carbocycles. The minimum Gasteiger partial charge on any atom is -0.492 e. The number of rotatable bonds is 7. The summed E-state index contributed by atoms with van der Waals surface area (Å²) in [6.45, 7) is 7.45. The summed E-state index contributed by atoms with van der Waals surface area (Å²) in [7, 11) is 0. The molecule has 3 heterocycles. The Kier molecular flexibility index (Phi) is 6.63. The van der Waals surface area contributed by atoms with E-state index in [0.29, 0.717) is 24.5 Å². The number of nitrogens with zero attached hydrogens (tertiary/aromatic N) is 2. The van der Waals surface area contributed by atoms with Gasteiger partial charge in [0.2, 0.25) is 0 Å². The Morgan fingerprint density at radius 3 is 2.45 bits per heavy atom. The molecule has 0 aliphatic carbocycles. The monoisotopic (exact) mass is 511 g/mol. The number of barbiturate groups is 1. The van der Waals surface area contributed by atoms with Crippen molar-refractivity contribution >= 4 is 34.8 Å². The standard InChI is InChI=1S/C30H29N3O5/c1-30(2,3)21-10-12-22(13-11-21)38-16-14-32-18-20(24-8-4-5-9-26(24)32)17-25-27(34)31-29(36)33(28(25)35)19-23-7-6-15-37-23/h4-13,15,17-18H,14,16,19H2,1-3H3,(H,31,34,36). The molecule has 0 unspecified atom stereocenters. The Morgan fingerprint density at radius 1 is 0.974 bits per heavy atom. The zero-order valence-electron chi connectivity index (χ0n) is 21.6. The molecule has 4 aromatic rings. The predicted molar refractivity (Wildman–Crippen MR) is 143 cm³/mol. The molecule has 1 aliphatic rings. The number of nitrogens with one attached hydrogen (secondary N) is 1. The van der Waals surface area contributed by atoms with Crippen molar-refractivity contribution in [2.45, 2.75) is 39.3 Å². The molecular formula is C30H29N3O5.